The maximum Gasteiger partial charge on any atom is 0.306 e. The van der Waals surface area contributed by atoms with Crippen LogP contribution in [0.2, 0.25) is 0 Å². The fourth-order valence-corrected chi connectivity index (χ4v) is 2.78. The van der Waals surface area contributed by atoms with E-state index in [4.69, 9.17) is 5.11 Å². The third-order valence-electron chi connectivity index (χ3n) is 4.03. The molecule has 0 aliphatic heterocycles. The van der Waals surface area contributed by atoms with Crippen molar-refractivity contribution >= 4 is 11.9 Å². The quantitative estimate of drug-likeness (QED) is 0.903. The molecule has 1 aliphatic carbocycles. The van der Waals surface area contributed by atoms with Gasteiger partial charge in [-0.25, -0.2) is 9.07 Å². The average molecular weight is 317 g/mol. The van der Waals surface area contributed by atoms with Gasteiger partial charge in [-0.2, -0.15) is 5.10 Å². The Kier molecular flexibility index (Phi) is 4.10. The van der Waals surface area contributed by atoms with Crippen LogP contribution in [0, 0.1) is 11.7 Å². The van der Waals surface area contributed by atoms with Gasteiger partial charge in [-0.05, 0) is 49.6 Å². The molecule has 2 atom stereocenters. The maximum absolute atomic E-state index is 12.9. The van der Waals surface area contributed by atoms with E-state index in [9.17, 15) is 14.0 Å². The number of hydrogen-bond donors (Lipinski definition) is 2. The Hall–Kier alpha value is -2.70. The van der Waals surface area contributed by atoms with Crippen molar-refractivity contribution in [3.8, 4) is 5.69 Å². The average Bonchev–Trinajstić information content (AvgIpc) is 3.17. The molecular formula is C16H16FN3O3. The molecule has 7 heteroatoms. The fourth-order valence-electron chi connectivity index (χ4n) is 2.78. The summed E-state index contributed by atoms with van der Waals surface area (Å²) < 4.78 is 14.4. The summed E-state index contributed by atoms with van der Waals surface area (Å²) in [7, 11) is 0. The highest BCUT2D eigenvalue weighted by Crippen LogP contribution is 2.25. The number of nitrogens with zero attached hydrogens (tertiary/aromatic N) is 2. The number of carboxylic acids is 1. The molecule has 0 saturated heterocycles. The van der Waals surface area contributed by atoms with Crippen molar-refractivity contribution in [2.45, 2.75) is 25.3 Å². The zero-order valence-electron chi connectivity index (χ0n) is 12.3. The summed E-state index contributed by atoms with van der Waals surface area (Å²) >= 11 is 0. The first-order chi connectivity index (χ1) is 11.0. The Morgan fingerprint density at radius 3 is 2.61 bits per heavy atom. The number of aromatic nitrogens is 2. The van der Waals surface area contributed by atoms with Gasteiger partial charge < -0.3 is 10.4 Å². The third-order valence-corrected chi connectivity index (χ3v) is 4.03. The van der Waals surface area contributed by atoms with Gasteiger partial charge in [0.15, 0.2) is 5.69 Å². The maximum atomic E-state index is 12.9. The summed E-state index contributed by atoms with van der Waals surface area (Å²) in [6.07, 6.45) is 3.29. The van der Waals surface area contributed by atoms with Gasteiger partial charge in [0.1, 0.15) is 5.82 Å². The highest BCUT2D eigenvalue weighted by atomic mass is 19.1. The number of amides is 1. The second-order valence-corrected chi connectivity index (χ2v) is 5.64. The number of halogens is 1. The number of aliphatic carboxylic acids is 1. The number of hydrogen-bond acceptors (Lipinski definition) is 3. The van der Waals surface area contributed by atoms with Gasteiger partial charge in [0.2, 0.25) is 0 Å². The van der Waals surface area contributed by atoms with Crippen LogP contribution >= 0.6 is 0 Å². The van der Waals surface area contributed by atoms with Crippen LogP contribution in [0.4, 0.5) is 4.39 Å². The largest absolute Gasteiger partial charge is 0.481 e. The summed E-state index contributed by atoms with van der Waals surface area (Å²) in [5.41, 5.74) is 0.894. The molecule has 1 aromatic heterocycles. The Bertz CT molecular complexity index is 726. The van der Waals surface area contributed by atoms with E-state index < -0.39 is 11.9 Å². The van der Waals surface area contributed by atoms with Crippen molar-refractivity contribution in [2.75, 3.05) is 0 Å². The van der Waals surface area contributed by atoms with Crippen LogP contribution in [0.5, 0.6) is 0 Å². The molecule has 1 aliphatic rings. The minimum absolute atomic E-state index is 0.139. The monoisotopic (exact) mass is 317 g/mol. The molecule has 0 unspecified atom stereocenters. The zero-order valence-corrected chi connectivity index (χ0v) is 12.3. The first kappa shape index (κ1) is 15.2. The van der Waals surface area contributed by atoms with E-state index >= 15 is 0 Å². The Labute approximate surface area is 131 Å². The molecule has 1 saturated carbocycles. The van der Waals surface area contributed by atoms with Crippen molar-refractivity contribution in [1.29, 1.82) is 0 Å². The molecule has 0 spiro atoms. The second kappa shape index (κ2) is 6.20. The van der Waals surface area contributed by atoms with Gasteiger partial charge in [-0.3, -0.25) is 9.59 Å². The lowest BCUT2D eigenvalue weighted by molar-refractivity contribution is -0.141. The number of nitrogens with one attached hydrogen (secondary N) is 1. The van der Waals surface area contributed by atoms with Gasteiger partial charge in [0.25, 0.3) is 5.91 Å². The van der Waals surface area contributed by atoms with Gasteiger partial charge in [0, 0.05) is 12.2 Å². The van der Waals surface area contributed by atoms with Crippen LogP contribution in [-0.4, -0.2) is 32.8 Å². The molecule has 120 valence electrons. The molecular weight excluding hydrogens is 301 g/mol. The van der Waals surface area contributed by atoms with Crippen LogP contribution in [0.15, 0.2) is 36.5 Å². The molecule has 1 heterocycles. The first-order valence-corrected chi connectivity index (χ1v) is 7.38. The summed E-state index contributed by atoms with van der Waals surface area (Å²) in [6, 6.07) is 7.21. The van der Waals surface area contributed by atoms with Crippen LogP contribution in [0.3, 0.4) is 0 Å². The van der Waals surface area contributed by atoms with Gasteiger partial charge in [0.05, 0.1) is 11.6 Å². The normalized spacial score (nSPS) is 20.4. The third kappa shape index (κ3) is 3.39. The van der Waals surface area contributed by atoms with Crippen molar-refractivity contribution in [2.24, 2.45) is 5.92 Å². The summed E-state index contributed by atoms with van der Waals surface area (Å²) in [6.45, 7) is 0. The number of carbonyl (C=O) groups is 2. The molecule has 6 nitrogen and oxygen atoms in total. The smallest absolute Gasteiger partial charge is 0.306 e. The lowest BCUT2D eigenvalue weighted by Gasteiger charge is -2.11. The van der Waals surface area contributed by atoms with Crippen molar-refractivity contribution in [3.05, 3.63) is 48.0 Å². The highest BCUT2D eigenvalue weighted by molar-refractivity contribution is 5.92. The van der Waals surface area contributed by atoms with E-state index in [0.717, 1.165) is 0 Å². The first-order valence-electron chi connectivity index (χ1n) is 7.38. The van der Waals surface area contributed by atoms with E-state index in [1.54, 1.807) is 24.4 Å². The number of carbonyl (C=O) groups excluding carboxylic acids is 1. The second-order valence-electron chi connectivity index (χ2n) is 5.64. The van der Waals surface area contributed by atoms with Gasteiger partial charge in [-0.1, -0.05) is 0 Å². The van der Waals surface area contributed by atoms with Gasteiger partial charge in [-0.15, -0.1) is 0 Å². The fraction of sp³-hybridized carbons (Fsp3) is 0.312. The Balaban J connectivity index is 1.65. The van der Waals surface area contributed by atoms with E-state index in [1.807, 2.05) is 0 Å². The topological polar surface area (TPSA) is 84.2 Å². The summed E-state index contributed by atoms with van der Waals surface area (Å²) in [5, 5.41) is 16.0. The highest BCUT2D eigenvalue weighted by Gasteiger charge is 2.30. The molecule has 1 aromatic carbocycles. The molecule has 23 heavy (non-hydrogen) atoms. The number of benzene rings is 1. The molecule has 1 fully saturated rings. The predicted octanol–water partition coefficient (Wildman–Crippen LogP) is 1.99. The van der Waals surface area contributed by atoms with Gasteiger partial charge >= 0.3 is 5.97 Å². The van der Waals surface area contributed by atoms with Crippen LogP contribution in [0.25, 0.3) is 5.69 Å². The predicted molar refractivity (Wildman–Crippen MR) is 79.8 cm³/mol. The van der Waals surface area contributed by atoms with Crippen LogP contribution in [0.1, 0.15) is 29.8 Å². The Morgan fingerprint density at radius 1 is 1.22 bits per heavy atom. The summed E-state index contributed by atoms with van der Waals surface area (Å²) in [5.74, 6) is -1.88. The van der Waals surface area contributed by atoms with E-state index in [1.165, 1.54) is 16.8 Å². The number of carboxylic acid groups (broad SMARTS) is 1. The molecule has 0 radical (unpaired) electrons. The van der Waals surface area contributed by atoms with E-state index in [-0.39, 0.29) is 23.5 Å². The van der Waals surface area contributed by atoms with Crippen molar-refractivity contribution < 1.29 is 19.1 Å². The zero-order chi connectivity index (χ0) is 16.4. The minimum atomic E-state index is -0.817. The van der Waals surface area contributed by atoms with E-state index in [2.05, 4.69) is 10.4 Å². The molecule has 2 N–H and O–H groups in total. The Morgan fingerprint density at radius 2 is 1.96 bits per heavy atom. The number of rotatable bonds is 4. The van der Waals surface area contributed by atoms with Crippen LogP contribution in [-0.2, 0) is 4.79 Å². The van der Waals surface area contributed by atoms with Crippen molar-refractivity contribution in [1.82, 2.24) is 15.1 Å². The standard InChI is InChI=1S/C16H16FN3O3/c17-11-2-5-13(6-3-11)20-8-7-14(19-20)15(21)18-12-4-1-10(9-12)16(22)23/h2-3,5-8,10,12H,1,4,9H2,(H,18,21)(H,22,23)/t10-,12+/m1/s1. The molecule has 3 rings (SSSR count). The molecule has 0 bridgehead atoms. The van der Waals surface area contributed by atoms with Crippen molar-refractivity contribution in [3.63, 3.8) is 0 Å². The van der Waals surface area contributed by atoms with Crippen LogP contribution < -0.4 is 5.32 Å². The lowest BCUT2D eigenvalue weighted by atomic mass is 10.1. The molecule has 2 aromatic rings. The van der Waals surface area contributed by atoms with E-state index in [0.29, 0.717) is 24.9 Å². The molecule has 1 amide bonds. The SMILES string of the molecule is O=C(N[C@H]1CC[C@@H](C(=O)O)C1)c1ccn(-c2ccc(F)cc2)n1. The minimum Gasteiger partial charge on any atom is -0.481 e. The lowest BCUT2D eigenvalue weighted by Crippen LogP contribution is -2.33. The summed E-state index contributed by atoms with van der Waals surface area (Å²) in [4.78, 5) is 23.1.